The first-order chi connectivity index (χ1) is 26.9. The summed E-state index contributed by atoms with van der Waals surface area (Å²) >= 11 is 0. The molecule has 4 fully saturated rings. The Morgan fingerprint density at radius 3 is 2.53 bits per heavy atom. The largest absolute Gasteiger partial charge is 0.455 e. The molecule has 4 saturated heterocycles. The van der Waals surface area contributed by atoms with Crippen molar-refractivity contribution in [1.82, 2.24) is 24.8 Å². The molecular formula is C41H58FN5O10. The first-order valence-corrected chi connectivity index (χ1v) is 20.0. The van der Waals surface area contributed by atoms with Crippen molar-refractivity contribution in [2.24, 2.45) is 17.8 Å². The molecule has 6 rings (SSSR count). The van der Waals surface area contributed by atoms with E-state index >= 15 is 4.39 Å². The maximum absolute atomic E-state index is 16.8. The van der Waals surface area contributed by atoms with Crippen LogP contribution >= 0.6 is 0 Å². The number of nitrogens with zero attached hydrogens (tertiary/aromatic N) is 4. The van der Waals surface area contributed by atoms with E-state index in [1.54, 1.807) is 58.4 Å². The van der Waals surface area contributed by atoms with Gasteiger partial charge in [0.15, 0.2) is 17.7 Å². The molecule has 15 nitrogen and oxygen atoms in total. The van der Waals surface area contributed by atoms with Crippen LogP contribution in [0.15, 0.2) is 37.1 Å². The molecule has 2 aromatic heterocycles. The van der Waals surface area contributed by atoms with Gasteiger partial charge in [-0.3, -0.25) is 19.5 Å². The Hall–Kier alpha value is -3.83. The van der Waals surface area contributed by atoms with Gasteiger partial charge < -0.3 is 38.7 Å². The minimum absolute atomic E-state index is 0.0106. The molecule has 16 heteroatoms. The number of Topliss-reactive ketones (excluding diaryl/α,β-unsaturated/α-hetero) is 2. The quantitative estimate of drug-likeness (QED) is 0.260. The number of pyridine rings is 1. The van der Waals surface area contributed by atoms with E-state index in [0.29, 0.717) is 25.8 Å². The molecule has 2 N–H and O–H groups in total. The Labute approximate surface area is 333 Å². The van der Waals surface area contributed by atoms with Crippen molar-refractivity contribution in [1.29, 1.82) is 0 Å². The number of alkyl halides is 1. The number of cyclic esters (lactones) is 1. The number of ketones is 2. The second-order valence-corrected chi connectivity index (χ2v) is 16.9. The van der Waals surface area contributed by atoms with Gasteiger partial charge in [0, 0.05) is 61.7 Å². The summed E-state index contributed by atoms with van der Waals surface area (Å²) in [6.45, 7) is 11.4. The standard InChI is InChI=1S/C41H58FN5O10/c1-10-29-41(7)33-30(28(47(33)38(52)57-41)14-12-16-46-20-27(45-21-46)25-13-11-15-44-19-25)31(48)22(2)18-39(5,53-9)35(24(4)34(50)40(6,42)37(51)55-29)56-36-32(49)26(43-8)17-23(3)54-36/h11,13,15,19-24,26,28-30,32-33,35-36,43,49H,10,12,14,16-18H2,1-9H3/t22-,23-,24+,26+,28?,29-,30+,32-,33?,35-,36+,39-,40+,41-/m1/s1. The fourth-order valence-electron chi connectivity index (χ4n) is 9.64. The zero-order valence-corrected chi connectivity index (χ0v) is 34.3. The molecule has 0 saturated carbocycles. The van der Waals surface area contributed by atoms with Crippen molar-refractivity contribution in [3.05, 3.63) is 37.1 Å². The molecule has 0 aromatic carbocycles. The minimum Gasteiger partial charge on any atom is -0.455 e. The molecule has 4 aliphatic heterocycles. The van der Waals surface area contributed by atoms with Crippen LogP contribution in [0.1, 0.15) is 80.6 Å². The number of halogens is 1. The van der Waals surface area contributed by atoms with Crippen LogP contribution in [0.4, 0.5) is 9.18 Å². The topological polar surface area (TPSA) is 181 Å². The Bertz CT molecular complexity index is 1800. The van der Waals surface area contributed by atoms with Gasteiger partial charge >= 0.3 is 12.1 Å². The first kappa shape index (κ1) is 42.8. The smallest absolute Gasteiger partial charge is 0.411 e. The third-order valence-electron chi connectivity index (χ3n) is 12.9. The normalized spacial score (nSPS) is 40.2. The molecule has 0 radical (unpaired) electrons. The molecule has 2 unspecified atom stereocenters. The number of hydrogen-bond acceptors (Lipinski definition) is 13. The van der Waals surface area contributed by atoms with Gasteiger partial charge in [-0.25, -0.2) is 19.0 Å². The lowest BCUT2D eigenvalue weighted by Crippen LogP contribution is -2.72. The van der Waals surface area contributed by atoms with E-state index in [0.717, 1.165) is 18.2 Å². The SMILES string of the molecule is CC[C@H]1OC(=O)[C@@](C)(F)C(=O)[C@H](C)[C@@H](O[C@@H]2O[C@H](C)C[C@H](NC)[C@H]2O)[C@](C)(OC)C[C@@H](C)C(=O)[C@@H]2C(CCCn3cnc(-c4cccnc4)c3)N3C(=O)O[C@@]1(C)C23. The summed E-state index contributed by atoms with van der Waals surface area (Å²) in [5.74, 6) is -5.58. The second kappa shape index (κ2) is 16.4. The maximum Gasteiger partial charge on any atom is 0.411 e. The molecule has 0 spiro atoms. The number of rotatable bonds is 10. The van der Waals surface area contributed by atoms with Crippen LogP contribution in [0, 0.1) is 17.8 Å². The average molecular weight is 800 g/mol. The predicted octanol–water partition coefficient (Wildman–Crippen LogP) is 4.04. The average Bonchev–Trinajstić information content (AvgIpc) is 3.74. The van der Waals surface area contributed by atoms with Crippen LogP contribution < -0.4 is 5.32 Å². The highest BCUT2D eigenvalue weighted by Gasteiger charge is 2.71. The lowest BCUT2D eigenvalue weighted by Gasteiger charge is -2.54. The number of ether oxygens (including phenoxy) is 5. The maximum atomic E-state index is 16.8. The van der Waals surface area contributed by atoms with Gasteiger partial charge in [0.25, 0.3) is 5.67 Å². The van der Waals surface area contributed by atoms with Gasteiger partial charge in [-0.05, 0) is 79.0 Å². The van der Waals surface area contributed by atoms with E-state index in [9.17, 15) is 24.3 Å². The van der Waals surface area contributed by atoms with Crippen LogP contribution in [-0.2, 0) is 44.6 Å². The Kier molecular flexibility index (Phi) is 12.3. The number of amides is 1. The number of carbonyl (C=O) groups is 4. The van der Waals surface area contributed by atoms with Crippen molar-refractivity contribution in [3.63, 3.8) is 0 Å². The lowest BCUT2D eigenvalue weighted by atomic mass is 9.64. The summed E-state index contributed by atoms with van der Waals surface area (Å²) in [4.78, 5) is 66.8. The fourth-order valence-corrected chi connectivity index (χ4v) is 9.64. The number of aliphatic hydroxyl groups excluding tert-OH is 1. The molecule has 57 heavy (non-hydrogen) atoms. The van der Waals surface area contributed by atoms with Crippen molar-refractivity contribution < 1.29 is 52.4 Å². The van der Waals surface area contributed by atoms with Crippen LogP contribution in [0.3, 0.4) is 0 Å². The highest BCUT2D eigenvalue weighted by atomic mass is 19.1. The molecule has 6 heterocycles. The summed E-state index contributed by atoms with van der Waals surface area (Å²) in [6, 6.07) is 1.98. The van der Waals surface area contributed by atoms with Gasteiger partial charge in [-0.2, -0.15) is 0 Å². The van der Waals surface area contributed by atoms with E-state index in [2.05, 4.69) is 15.3 Å². The second-order valence-electron chi connectivity index (χ2n) is 16.9. The van der Waals surface area contributed by atoms with Gasteiger partial charge in [0.1, 0.15) is 18.0 Å². The van der Waals surface area contributed by atoms with Crippen molar-refractivity contribution >= 4 is 23.6 Å². The highest BCUT2D eigenvalue weighted by Crippen LogP contribution is 2.52. The molecule has 0 bridgehead atoms. The summed E-state index contributed by atoms with van der Waals surface area (Å²) in [7, 11) is 3.11. The third-order valence-corrected chi connectivity index (χ3v) is 12.9. The summed E-state index contributed by atoms with van der Waals surface area (Å²) in [6.07, 6.45) is 2.80. The van der Waals surface area contributed by atoms with Crippen LogP contribution in [0.25, 0.3) is 11.3 Å². The Balaban J connectivity index is 1.34. The van der Waals surface area contributed by atoms with Gasteiger partial charge in [-0.1, -0.05) is 20.8 Å². The van der Waals surface area contributed by atoms with E-state index < -0.39 is 95.2 Å². The molecule has 0 aliphatic carbocycles. The van der Waals surface area contributed by atoms with Gasteiger partial charge in [0.05, 0.1) is 41.8 Å². The number of methoxy groups -OCH3 is 1. The summed E-state index contributed by atoms with van der Waals surface area (Å²) in [5.41, 5.74) is -4.49. The first-order valence-electron chi connectivity index (χ1n) is 20.0. The minimum atomic E-state index is -3.16. The number of carbonyl (C=O) groups excluding carboxylic acids is 4. The summed E-state index contributed by atoms with van der Waals surface area (Å²) in [5, 5.41) is 14.3. The number of esters is 1. The van der Waals surface area contributed by atoms with Crippen LogP contribution in [0.5, 0.6) is 0 Å². The third kappa shape index (κ3) is 7.75. The van der Waals surface area contributed by atoms with E-state index in [1.807, 2.05) is 29.8 Å². The monoisotopic (exact) mass is 799 g/mol. The van der Waals surface area contributed by atoms with E-state index in [-0.39, 0.29) is 24.7 Å². The lowest BCUT2D eigenvalue weighted by molar-refractivity contribution is -0.290. The van der Waals surface area contributed by atoms with Crippen LogP contribution in [0.2, 0.25) is 0 Å². The number of hydrogen-bond donors (Lipinski definition) is 2. The van der Waals surface area contributed by atoms with Crippen molar-refractivity contribution in [2.45, 2.75) is 153 Å². The molecule has 314 valence electrons. The number of likely N-dealkylation sites (N-methyl/N-ethyl adjacent to an activating group) is 1. The number of aliphatic hydroxyl groups is 1. The van der Waals surface area contributed by atoms with Crippen LogP contribution in [-0.4, -0.2) is 128 Å². The molecule has 1 amide bonds. The van der Waals surface area contributed by atoms with Gasteiger partial charge in [-0.15, -0.1) is 0 Å². The summed E-state index contributed by atoms with van der Waals surface area (Å²) < 4.78 is 49.1. The molecule has 4 aliphatic rings. The van der Waals surface area contributed by atoms with Gasteiger partial charge in [0.2, 0.25) is 0 Å². The highest BCUT2D eigenvalue weighted by molar-refractivity contribution is 6.08. The van der Waals surface area contributed by atoms with E-state index in [4.69, 9.17) is 23.7 Å². The number of aromatic nitrogens is 3. The predicted molar refractivity (Wildman–Crippen MR) is 203 cm³/mol. The number of imidazole rings is 1. The van der Waals surface area contributed by atoms with Crippen molar-refractivity contribution in [2.75, 3.05) is 14.2 Å². The number of aryl methyl sites for hydroxylation is 1. The van der Waals surface area contributed by atoms with Crippen molar-refractivity contribution in [3.8, 4) is 11.3 Å². The van der Waals surface area contributed by atoms with E-state index in [1.165, 1.54) is 14.0 Å². The zero-order valence-electron chi connectivity index (χ0n) is 34.3. The Morgan fingerprint density at radius 2 is 1.88 bits per heavy atom. The fraction of sp³-hybridized carbons (Fsp3) is 0.707. The molecule has 14 atom stereocenters. The molecular weight excluding hydrogens is 741 g/mol. The Morgan fingerprint density at radius 1 is 1.14 bits per heavy atom. The molecule has 2 aromatic rings. The number of nitrogens with one attached hydrogen (secondary N) is 1. The zero-order chi connectivity index (χ0) is 41.6.